The Bertz CT molecular complexity index is 422. The number of carbonyl (C=O) groups excluding carboxylic acids is 1. The summed E-state index contributed by atoms with van der Waals surface area (Å²) in [6.07, 6.45) is 0. The Morgan fingerprint density at radius 2 is 2.06 bits per heavy atom. The van der Waals surface area contributed by atoms with Crippen LogP contribution >= 0.6 is 0 Å². The van der Waals surface area contributed by atoms with E-state index in [4.69, 9.17) is 4.74 Å². The molecule has 0 saturated carbocycles. The first-order valence-electron chi connectivity index (χ1n) is 5.91. The van der Waals surface area contributed by atoms with Crippen LogP contribution in [0.3, 0.4) is 0 Å². The van der Waals surface area contributed by atoms with Gasteiger partial charge in [0.1, 0.15) is 5.82 Å². The highest BCUT2D eigenvalue weighted by molar-refractivity contribution is 5.95. The van der Waals surface area contributed by atoms with E-state index in [9.17, 15) is 9.18 Å². The summed E-state index contributed by atoms with van der Waals surface area (Å²) in [5.41, 5.74) is 0.683. The predicted octanol–water partition coefficient (Wildman–Crippen LogP) is 1.02. The van der Waals surface area contributed by atoms with Crippen molar-refractivity contribution < 1.29 is 13.9 Å². The molecule has 2 atom stereocenters. The normalized spacial score (nSPS) is 23.1. The molecule has 4 nitrogen and oxygen atoms in total. The topological polar surface area (TPSA) is 41.6 Å². The van der Waals surface area contributed by atoms with E-state index in [1.54, 1.807) is 24.1 Å². The zero-order valence-corrected chi connectivity index (χ0v) is 10.5. The van der Waals surface area contributed by atoms with Crippen LogP contribution in [0.2, 0.25) is 0 Å². The number of carbonyl (C=O) groups is 1. The molecule has 0 aromatic heterocycles. The van der Waals surface area contributed by atoms with Crippen LogP contribution in [0.1, 0.15) is 0 Å². The summed E-state index contributed by atoms with van der Waals surface area (Å²) < 4.78 is 18.2. The number of nitrogens with zero attached hydrogens (tertiary/aromatic N) is 1. The Morgan fingerprint density at radius 3 is 2.67 bits per heavy atom. The van der Waals surface area contributed by atoms with Crippen molar-refractivity contribution in [3.8, 4) is 0 Å². The molecule has 2 rings (SSSR count). The molecule has 0 aliphatic carbocycles. The molecule has 1 saturated heterocycles. The Hall–Kier alpha value is -1.46. The fourth-order valence-corrected chi connectivity index (χ4v) is 2.12. The smallest absolute Gasteiger partial charge is 0.233 e. The van der Waals surface area contributed by atoms with Gasteiger partial charge in [-0.1, -0.05) is 0 Å². The lowest BCUT2D eigenvalue weighted by Crippen LogP contribution is -2.43. The second-order valence-electron chi connectivity index (χ2n) is 4.41. The molecule has 98 valence electrons. The van der Waals surface area contributed by atoms with Gasteiger partial charge in [-0.2, -0.15) is 0 Å². The maximum atomic E-state index is 12.8. The molecule has 18 heavy (non-hydrogen) atoms. The lowest BCUT2D eigenvalue weighted by Gasteiger charge is -2.23. The number of likely N-dealkylation sites (N-methyl/N-ethyl adjacent to an activating group) is 1. The molecule has 5 heteroatoms. The van der Waals surface area contributed by atoms with Crippen molar-refractivity contribution in [2.75, 3.05) is 32.2 Å². The fourth-order valence-electron chi connectivity index (χ4n) is 2.12. The summed E-state index contributed by atoms with van der Waals surface area (Å²) in [5, 5.41) is 3.08. The number of benzene rings is 1. The van der Waals surface area contributed by atoms with Crippen molar-refractivity contribution in [3.05, 3.63) is 30.1 Å². The fraction of sp³-hybridized carbons (Fsp3) is 0.462. The molecule has 0 radical (unpaired) electrons. The molecule has 1 fully saturated rings. The van der Waals surface area contributed by atoms with E-state index in [0.717, 1.165) is 0 Å². The van der Waals surface area contributed by atoms with Crippen LogP contribution in [0.15, 0.2) is 24.3 Å². The van der Waals surface area contributed by atoms with Crippen LogP contribution in [-0.2, 0) is 9.53 Å². The zero-order valence-electron chi connectivity index (χ0n) is 10.5. The van der Waals surface area contributed by atoms with Crippen molar-refractivity contribution in [1.29, 1.82) is 0 Å². The van der Waals surface area contributed by atoms with Gasteiger partial charge in [0.2, 0.25) is 5.91 Å². The lowest BCUT2D eigenvalue weighted by molar-refractivity contribution is -0.122. The Kier molecular flexibility index (Phi) is 3.93. The molecule has 1 aliphatic rings. The Labute approximate surface area is 106 Å². The minimum absolute atomic E-state index is 0.0153. The number of halogens is 1. The van der Waals surface area contributed by atoms with Gasteiger partial charge < -0.3 is 15.0 Å². The SMILES string of the molecule is CNC1COCC1C(=O)N(C)c1ccc(F)cc1. The standard InChI is InChI=1S/C13H17FN2O2/c1-15-12-8-18-7-11(12)13(17)16(2)10-5-3-9(14)4-6-10/h3-6,11-12,15H,7-8H2,1-2H3. The van der Waals surface area contributed by atoms with E-state index < -0.39 is 0 Å². The van der Waals surface area contributed by atoms with E-state index in [-0.39, 0.29) is 23.7 Å². The van der Waals surface area contributed by atoms with Crippen molar-refractivity contribution in [2.24, 2.45) is 5.92 Å². The highest BCUT2D eigenvalue weighted by Gasteiger charge is 2.35. The summed E-state index contributed by atoms with van der Waals surface area (Å²) in [6, 6.07) is 5.93. The van der Waals surface area contributed by atoms with Crippen LogP contribution in [0, 0.1) is 11.7 Å². The molecular formula is C13H17FN2O2. The van der Waals surface area contributed by atoms with Crippen LogP contribution in [0.4, 0.5) is 10.1 Å². The van der Waals surface area contributed by atoms with Gasteiger partial charge in [0, 0.05) is 18.8 Å². The number of hydrogen-bond acceptors (Lipinski definition) is 3. The summed E-state index contributed by atoms with van der Waals surface area (Å²) in [7, 11) is 3.51. The average molecular weight is 252 g/mol. The molecule has 1 aromatic carbocycles. The summed E-state index contributed by atoms with van der Waals surface area (Å²) in [4.78, 5) is 13.9. The first kappa shape index (κ1) is 13.0. The van der Waals surface area contributed by atoms with Gasteiger partial charge in [0.15, 0.2) is 0 Å². The summed E-state index contributed by atoms with van der Waals surface area (Å²) in [5.74, 6) is -0.514. The molecule has 0 spiro atoms. The van der Waals surface area contributed by atoms with Crippen LogP contribution < -0.4 is 10.2 Å². The van der Waals surface area contributed by atoms with Gasteiger partial charge in [0.25, 0.3) is 0 Å². The number of amides is 1. The first-order chi connectivity index (χ1) is 8.63. The number of rotatable bonds is 3. The van der Waals surface area contributed by atoms with Gasteiger partial charge in [-0.05, 0) is 31.3 Å². The van der Waals surface area contributed by atoms with Gasteiger partial charge in [-0.25, -0.2) is 4.39 Å². The van der Waals surface area contributed by atoms with E-state index in [1.807, 2.05) is 7.05 Å². The Balaban J connectivity index is 2.11. The molecule has 1 aliphatic heterocycles. The monoisotopic (exact) mass is 252 g/mol. The third kappa shape index (κ3) is 2.52. The van der Waals surface area contributed by atoms with Crippen molar-refractivity contribution in [2.45, 2.75) is 6.04 Å². The summed E-state index contributed by atoms with van der Waals surface area (Å²) in [6.45, 7) is 0.972. The van der Waals surface area contributed by atoms with Crippen LogP contribution in [0.25, 0.3) is 0 Å². The molecule has 0 bridgehead atoms. The van der Waals surface area contributed by atoms with Crippen molar-refractivity contribution >= 4 is 11.6 Å². The highest BCUT2D eigenvalue weighted by Crippen LogP contribution is 2.20. The van der Waals surface area contributed by atoms with E-state index in [1.165, 1.54) is 12.1 Å². The molecule has 1 heterocycles. The molecule has 1 N–H and O–H groups in total. The number of ether oxygens (including phenoxy) is 1. The third-order valence-electron chi connectivity index (χ3n) is 3.31. The third-order valence-corrected chi connectivity index (χ3v) is 3.31. The number of nitrogens with one attached hydrogen (secondary N) is 1. The molecule has 1 aromatic rings. The molecular weight excluding hydrogens is 235 g/mol. The Morgan fingerprint density at radius 1 is 1.39 bits per heavy atom. The average Bonchev–Trinajstić information content (AvgIpc) is 2.86. The first-order valence-corrected chi connectivity index (χ1v) is 5.91. The maximum Gasteiger partial charge on any atom is 0.233 e. The van der Waals surface area contributed by atoms with Gasteiger partial charge >= 0.3 is 0 Å². The van der Waals surface area contributed by atoms with Crippen LogP contribution in [0.5, 0.6) is 0 Å². The molecule has 1 amide bonds. The quantitative estimate of drug-likeness (QED) is 0.873. The maximum absolute atomic E-state index is 12.8. The van der Waals surface area contributed by atoms with Gasteiger partial charge in [-0.15, -0.1) is 0 Å². The molecule has 2 unspecified atom stereocenters. The lowest BCUT2D eigenvalue weighted by atomic mass is 10.0. The minimum atomic E-state index is -0.308. The number of anilines is 1. The van der Waals surface area contributed by atoms with Gasteiger partial charge in [-0.3, -0.25) is 4.79 Å². The van der Waals surface area contributed by atoms with E-state index in [2.05, 4.69) is 5.32 Å². The second kappa shape index (κ2) is 5.46. The number of hydrogen-bond donors (Lipinski definition) is 1. The summed E-state index contributed by atoms with van der Waals surface area (Å²) >= 11 is 0. The largest absolute Gasteiger partial charge is 0.379 e. The zero-order chi connectivity index (χ0) is 13.1. The van der Waals surface area contributed by atoms with Crippen molar-refractivity contribution in [1.82, 2.24) is 5.32 Å². The van der Waals surface area contributed by atoms with Gasteiger partial charge in [0.05, 0.1) is 19.1 Å². The van der Waals surface area contributed by atoms with E-state index in [0.29, 0.717) is 18.9 Å². The predicted molar refractivity (Wildman–Crippen MR) is 67.0 cm³/mol. The van der Waals surface area contributed by atoms with Crippen LogP contribution in [-0.4, -0.2) is 39.3 Å². The van der Waals surface area contributed by atoms with E-state index >= 15 is 0 Å². The van der Waals surface area contributed by atoms with Crippen molar-refractivity contribution in [3.63, 3.8) is 0 Å². The highest BCUT2D eigenvalue weighted by atomic mass is 19.1. The minimum Gasteiger partial charge on any atom is -0.379 e. The second-order valence-corrected chi connectivity index (χ2v) is 4.41.